The first-order valence-corrected chi connectivity index (χ1v) is 11.3. The molecule has 8 nitrogen and oxygen atoms in total. The lowest BCUT2D eigenvalue weighted by atomic mass is 9.93. The van der Waals surface area contributed by atoms with Crippen molar-refractivity contribution in [3.63, 3.8) is 0 Å². The third-order valence-corrected chi connectivity index (χ3v) is 6.78. The number of imidazole rings is 1. The Balaban J connectivity index is 1.36. The molecule has 3 aromatic heterocycles. The molecule has 0 radical (unpaired) electrons. The maximum absolute atomic E-state index is 10.2. The van der Waals surface area contributed by atoms with Gasteiger partial charge >= 0.3 is 0 Å². The number of rotatable bonds is 6. The third kappa shape index (κ3) is 4.14. The van der Waals surface area contributed by atoms with Gasteiger partial charge in [0.15, 0.2) is 17.1 Å². The van der Waals surface area contributed by atoms with E-state index in [-0.39, 0.29) is 12.1 Å². The highest BCUT2D eigenvalue weighted by atomic mass is 32.1. The van der Waals surface area contributed by atoms with Gasteiger partial charge in [-0.05, 0) is 36.6 Å². The number of aliphatic hydroxyl groups is 2. The number of aliphatic hydroxyl groups excluding tert-OH is 2. The maximum atomic E-state index is 10.2. The minimum Gasteiger partial charge on any atom is -0.391 e. The molecule has 4 aromatic rings. The van der Waals surface area contributed by atoms with Crippen LogP contribution in [0.1, 0.15) is 43.1 Å². The summed E-state index contributed by atoms with van der Waals surface area (Å²) in [6.45, 7) is 0.633. The van der Waals surface area contributed by atoms with Crippen LogP contribution in [0, 0.1) is 0 Å². The molecule has 9 heteroatoms. The molecule has 3 heterocycles. The van der Waals surface area contributed by atoms with E-state index in [2.05, 4.69) is 27.4 Å². The van der Waals surface area contributed by atoms with Crippen LogP contribution in [-0.4, -0.2) is 49.0 Å². The Morgan fingerprint density at radius 3 is 2.94 bits per heavy atom. The van der Waals surface area contributed by atoms with Crippen LogP contribution >= 0.6 is 11.3 Å². The second-order valence-corrected chi connectivity index (χ2v) is 9.03. The van der Waals surface area contributed by atoms with Crippen molar-refractivity contribution in [2.45, 2.75) is 50.7 Å². The number of nitrogens with zero attached hydrogens (tertiary/aromatic N) is 4. The molecule has 1 unspecified atom stereocenters. The van der Waals surface area contributed by atoms with Gasteiger partial charge in [0, 0.05) is 18.9 Å². The number of pyridine rings is 1. The Morgan fingerprint density at radius 2 is 2.10 bits per heavy atom. The molecule has 31 heavy (non-hydrogen) atoms. The first-order chi connectivity index (χ1) is 15.1. The minimum absolute atomic E-state index is 0.0821. The molecule has 0 spiro atoms. The van der Waals surface area contributed by atoms with Crippen molar-refractivity contribution in [1.29, 1.82) is 0 Å². The van der Waals surface area contributed by atoms with E-state index >= 15 is 0 Å². The van der Waals surface area contributed by atoms with Crippen molar-refractivity contribution in [3.05, 3.63) is 47.9 Å². The number of nitrogens with one attached hydrogen (secondary N) is 1. The number of ether oxygens (including phenoxy) is 1. The summed E-state index contributed by atoms with van der Waals surface area (Å²) >= 11 is 1.62. The van der Waals surface area contributed by atoms with Crippen molar-refractivity contribution < 1.29 is 14.9 Å². The molecule has 0 saturated heterocycles. The zero-order valence-electron chi connectivity index (χ0n) is 17.2. The molecule has 0 amide bonds. The van der Waals surface area contributed by atoms with E-state index in [1.54, 1.807) is 29.9 Å². The van der Waals surface area contributed by atoms with Crippen molar-refractivity contribution in [1.82, 2.24) is 19.5 Å². The molecular formula is C22H25N5O3S. The molecule has 0 bridgehead atoms. The van der Waals surface area contributed by atoms with Crippen LogP contribution < -0.4 is 5.32 Å². The quantitative estimate of drug-likeness (QED) is 0.395. The highest BCUT2D eigenvalue weighted by Gasteiger charge is 2.23. The highest BCUT2D eigenvalue weighted by molar-refractivity contribution is 7.22. The molecule has 3 atom stereocenters. The molecule has 1 fully saturated rings. The predicted octanol–water partition coefficient (Wildman–Crippen LogP) is 3.44. The van der Waals surface area contributed by atoms with Crippen molar-refractivity contribution in [3.8, 4) is 0 Å². The molecule has 0 aliphatic heterocycles. The summed E-state index contributed by atoms with van der Waals surface area (Å²) in [5, 5.41) is 24.3. The molecule has 1 aliphatic carbocycles. The SMILES string of the molecule is COC(O)c1cnc2c(c1)ncn2Cc1ccc2nc(N[C@@H]3CCCC[C@H]3O)sc2c1. The van der Waals surface area contributed by atoms with Crippen LogP contribution in [0.25, 0.3) is 21.4 Å². The van der Waals surface area contributed by atoms with Gasteiger partial charge in [-0.2, -0.15) is 0 Å². The maximum Gasteiger partial charge on any atom is 0.184 e. The van der Waals surface area contributed by atoms with Gasteiger partial charge in [0.2, 0.25) is 0 Å². The van der Waals surface area contributed by atoms with E-state index in [9.17, 15) is 10.2 Å². The number of anilines is 1. The third-order valence-electron chi connectivity index (χ3n) is 5.83. The summed E-state index contributed by atoms with van der Waals surface area (Å²) < 4.78 is 8.03. The molecular weight excluding hydrogens is 414 g/mol. The van der Waals surface area contributed by atoms with Gasteiger partial charge in [-0.1, -0.05) is 30.2 Å². The van der Waals surface area contributed by atoms with Gasteiger partial charge in [-0.25, -0.2) is 15.0 Å². The van der Waals surface area contributed by atoms with E-state index in [4.69, 9.17) is 9.72 Å². The molecule has 162 valence electrons. The topological polar surface area (TPSA) is 105 Å². The van der Waals surface area contributed by atoms with Gasteiger partial charge in [-0.3, -0.25) is 0 Å². The van der Waals surface area contributed by atoms with E-state index in [1.165, 1.54) is 7.11 Å². The first kappa shape index (κ1) is 20.3. The second-order valence-electron chi connectivity index (χ2n) is 8.00. The van der Waals surface area contributed by atoms with Gasteiger partial charge < -0.3 is 24.8 Å². The van der Waals surface area contributed by atoms with Crippen LogP contribution in [0.3, 0.4) is 0 Å². The number of thiazole rings is 1. The lowest BCUT2D eigenvalue weighted by molar-refractivity contribution is -0.0770. The summed E-state index contributed by atoms with van der Waals surface area (Å²) in [6.07, 6.45) is 6.12. The molecule has 5 rings (SSSR count). The smallest absolute Gasteiger partial charge is 0.184 e. The number of hydrogen-bond donors (Lipinski definition) is 3. The second kappa shape index (κ2) is 8.51. The summed E-state index contributed by atoms with van der Waals surface area (Å²) in [5.74, 6) is 0. The number of hydrogen-bond acceptors (Lipinski definition) is 8. The lowest BCUT2D eigenvalue weighted by Crippen LogP contribution is -2.36. The van der Waals surface area contributed by atoms with Gasteiger partial charge in [-0.15, -0.1) is 0 Å². The number of aromatic nitrogens is 4. The summed E-state index contributed by atoms with van der Waals surface area (Å²) in [4.78, 5) is 13.6. The van der Waals surface area contributed by atoms with Gasteiger partial charge in [0.25, 0.3) is 0 Å². The van der Waals surface area contributed by atoms with Crippen LogP contribution in [-0.2, 0) is 11.3 Å². The fraction of sp³-hybridized carbons (Fsp3) is 0.409. The normalized spacial score (nSPS) is 20.4. The average molecular weight is 440 g/mol. The molecule has 1 saturated carbocycles. The van der Waals surface area contributed by atoms with E-state index in [1.807, 2.05) is 10.6 Å². The van der Waals surface area contributed by atoms with E-state index in [0.717, 1.165) is 52.2 Å². The number of methoxy groups -OCH3 is 1. The van der Waals surface area contributed by atoms with Gasteiger partial charge in [0.05, 0.1) is 35.2 Å². The van der Waals surface area contributed by atoms with Gasteiger partial charge in [0.1, 0.15) is 5.52 Å². The molecule has 1 aliphatic rings. The molecule has 3 N–H and O–H groups in total. The summed E-state index contributed by atoms with van der Waals surface area (Å²) in [7, 11) is 1.45. The zero-order chi connectivity index (χ0) is 21.4. The Labute approximate surface area is 183 Å². The average Bonchev–Trinajstić information content (AvgIpc) is 3.37. The first-order valence-electron chi connectivity index (χ1n) is 10.5. The Morgan fingerprint density at radius 1 is 1.23 bits per heavy atom. The standard InChI is InChI=1S/C22H25N5O3S/c1-30-21(29)14-9-17-20(23-10-14)27(12-24-17)11-13-6-7-16-19(8-13)31-22(26-16)25-15-4-2-3-5-18(15)28/h6-10,12,15,18,21,28-29H,2-5,11H2,1H3,(H,25,26)/t15-,18-,21?/m1/s1. The van der Waals surface area contributed by atoms with Crippen LogP contribution in [0.2, 0.25) is 0 Å². The Bertz CT molecular complexity index is 1210. The van der Waals surface area contributed by atoms with Crippen LogP contribution in [0.5, 0.6) is 0 Å². The van der Waals surface area contributed by atoms with Crippen LogP contribution in [0.15, 0.2) is 36.8 Å². The predicted molar refractivity (Wildman–Crippen MR) is 120 cm³/mol. The minimum atomic E-state index is -1.01. The zero-order valence-corrected chi connectivity index (χ0v) is 18.0. The fourth-order valence-electron chi connectivity index (χ4n) is 4.12. The van der Waals surface area contributed by atoms with Crippen molar-refractivity contribution >= 4 is 37.8 Å². The fourth-order valence-corrected chi connectivity index (χ4v) is 5.11. The monoisotopic (exact) mass is 439 g/mol. The Hall–Kier alpha value is -2.59. The number of fused-ring (bicyclic) bond motifs is 2. The summed E-state index contributed by atoms with van der Waals surface area (Å²) in [5.41, 5.74) is 4.13. The lowest BCUT2D eigenvalue weighted by Gasteiger charge is -2.27. The van der Waals surface area contributed by atoms with Crippen molar-refractivity contribution in [2.75, 3.05) is 12.4 Å². The summed E-state index contributed by atoms with van der Waals surface area (Å²) in [6, 6.07) is 8.11. The Kier molecular flexibility index (Phi) is 5.58. The number of benzene rings is 1. The van der Waals surface area contributed by atoms with Crippen LogP contribution in [0.4, 0.5) is 5.13 Å². The van der Waals surface area contributed by atoms with E-state index in [0.29, 0.717) is 17.6 Å². The largest absolute Gasteiger partial charge is 0.391 e. The highest BCUT2D eigenvalue weighted by Crippen LogP contribution is 2.30. The molecule has 1 aromatic carbocycles. The van der Waals surface area contributed by atoms with E-state index < -0.39 is 6.29 Å². The van der Waals surface area contributed by atoms with Crippen molar-refractivity contribution in [2.24, 2.45) is 0 Å².